The lowest BCUT2D eigenvalue weighted by molar-refractivity contribution is -0.119. The summed E-state index contributed by atoms with van der Waals surface area (Å²) < 4.78 is 0. The molecule has 0 bridgehead atoms. The van der Waals surface area contributed by atoms with Crippen molar-refractivity contribution in [3.05, 3.63) is 34.9 Å². The second-order valence-electron chi connectivity index (χ2n) is 5.56. The van der Waals surface area contributed by atoms with Crippen molar-refractivity contribution in [2.45, 2.75) is 39.5 Å². The van der Waals surface area contributed by atoms with Crippen LogP contribution in [-0.2, 0) is 17.6 Å². The third kappa shape index (κ3) is 2.36. The van der Waals surface area contributed by atoms with Gasteiger partial charge >= 0.3 is 0 Å². The van der Waals surface area contributed by atoms with E-state index in [2.05, 4.69) is 32.0 Å². The van der Waals surface area contributed by atoms with Crippen molar-refractivity contribution in [2.24, 2.45) is 17.6 Å². The van der Waals surface area contributed by atoms with Crippen LogP contribution < -0.4 is 5.73 Å². The van der Waals surface area contributed by atoms with Gasteiger partial charge in [-0.2, -0.15) is 0 Å². The Kier molecular flexibility index (Phi) is 3.23. The van der Waals surface area contributed by atoms with Gasteiger partial charge in [-0.05, 0) is 48.3 Å². The van der Waals surface area contributed by atoms with Gasteiger partial charge in [0, 0.05) is 0 Å². The van der Waals surface area contributed by atoms with E-state index in [1.165, 1.54) is 17.5 Å². The molecule has 0 aromatic heterocycles. The molecule has 1 aromatic carbocycles. The first-order chi connectivity index (χ1) is 7.99. The minimum Gasteiger partial charge on any atom is -0.369 e. The average Bonchev–Trinajstić information content (AvgIpc) is 2.70. The van der Waals surface area contributed by atoms with E-state index in [1.807, 2.05) is 6.92 Å². The topological polar surface area (TPSA) is 43.1 Å². The van der Waals surface area contributed by atoms with Crippen molar-refractivity contribution in [1.29, 1.82) is 0 Å². The van der Waals surface area contributed by atoms with Crippen LogP contribution in [0.25, 0.3) is 0 Å². The number of carbonyl (C=O) groups excluding carboxylic acids is 1. The van der Waals surface area contributed by atoms with E-state index in [-0.39, 0.29) is 11.8 Å². The van der Waals surface area contributed by atoms with Gasteiger partial charge in [-0.15, -0.1) is 0 Å². The van der Waals surface area contributed by atoms with Gasteiger partial charge in [0.05, 0.1) is 5.92 Å². The van der Waals surface area contributed by atoms with Crippen LogP contribution in [0, 0.1) is 11.8 Å². The van der Waals surface area contributed by atoms with Crippen molar-refractivity contribution < 1.29 is 4.79 Å². The number of fused-ring (bicyclic) bond motifs is 1. The zero-order valence-electron chi connectivity index (χ0n) is 10.9. The Hall–Kier alpha value is -1.31. The molecule has 0 heterocycles. The van der Waals surface area contributed by atoms with Gasteiger partial charge in [-0.3, -0.25) is 4.79 Å². The van der Waals surface area contributed by atoms with Gasteiger partial charge in [0.15, 0.2) is 0 Å². The van der Waals surface area contributed by atoms with Crippen molar-refractivity contribution in [3.63, 3.8) is 0 Å². The summed E-state index contributed by atoms with van der Waals surface area (Å²) in [7, 11) is 0. The Bertz CT molecular complexity index is 437. The molecule has 1 aliphatic rings. The highest BCUT2D eigenvalue weighted by atomic mass is 16.1. The predicted octanol–water partition coefficient (Wildman–Crippen LogP) is 2.65. The second kappa shape index (κ2) is 4.52. The lowest BCUT2D eigenvalue weighted by Crippen LogP contribution is -2.18. The van der Waals surface area contributed by atoms with Crippen molar-refractivity contribution >= 4 is 5.91 Å². The average molecular weight is 231 g/mol. The molecule has 17 heavy (non-hydrogen) atoms. The van der Waals surface area contributed by atoms with E-state index < -0.39 is 0 Å². The third-order valence-corrected chi connectivity index (χ3v) is 4.06. The van der Waals surface area contributed by atoms with E-state index in [4.69, 9.17) is 5.73 Å². The van der Waals surface area contributed by atoms with Gasteiger partial charge in [0.25, 0.3) is 0 Å². The molecule has 0 spiro atoms. The smallest absolute Gasteiger partial charge is 0.224 e. The van der Waals surface area contributed by atoms with E-state index in [0.717, 1.165) is 23.8 Å². The zero-order valence-corrected chi connectivity index (χ0v) is 10.9. The summed E-state index contributed by atoms with van der Waals surface area (Å²) in [5, 5.41) is 0. The summed E-state index contributed by atoms with van der Waals surface area (Å²) >= 11 is 0. The number of rotatable bonds is 3. The molecule has 0 fully saturated rings. The van der Waals surface area contributed by atoms with Crippen molar-refractivity contribution in [2.75, 3.05) is 0 Å². The van der Waals surface area contributed by atoms with Crippen LogP contribution in [0.4, 0.5) is 0 Å². The fourth-order valence-corrected chi connectivity index (χ4v) is 2.58. The summed E-state index contributed by atoms with van der Waals surface area (Å²) in [4.78, 5) is 11.2. The first-order valence-electron chi connectivity index (χ1n) is 6.40. The van der Waals surface area contributed by atoms with Gasteiger partial charge in [-0.1, -0.05) is 32.0 Å². The quantitative estimate of drug-likeness (QED) is 0.853. The Labute approximate surface area is 103 Å². The van der Waals surface area contributed by atoms with Crippen LogP contribution in [0.15, 0.2) is 18.2 Å². The third-order valence-electron chi connectivity index (χ3n) is 4.06. The number of hydrogen-bond acceptors (Lipinski definition) is 1. The standard InChI is InChI=1S/C15H21NO/c1-9(2)13-7-12-5-4-11(6-14(12)8-13)10(3)15(16)17/h4-6,9-10,13H,7-8H2,1-3H3,(H2,16,17). The molecule has 1 aromatic rings. The van der Waals surface area contributed by atoms with Crippen LogP contribution in [0.3, 0.4) is 0 Å². The van der Waals surface area contributed by atoms with Crippen molar-refractivity contribution in [3.8, 4) is 0 Å². The maximum Gasteiger partial charge on any atom is 0.224 e. The van der Waals surface area contributed by atoms with Gasteiger partial charge in [-0.25, -0.2) is 0 Å². The van der Waals surface area contributed by atoms with E-state index in [0.29, 0.717) is 0 Å². The normalized spacial score (nSPS) is 20.4. The molecule has 2 heteroatoms. The molecule has 2 unspecified atom stereocenters. The summed E-state index contributed by atoms with van der Waals surface area (Å²) in [5.74, 6) is 1.05. The Balaban J connectivity index is 2.24. The zero-order chi connectivity index (χ0) is 12.6. The summed E-state index contributed by atoms with van der Waals surface area (Å²) in [6.07, 6.45) is 2.32. The summed E-state index contributed by atoms with van der Waals surface area (Å²) in [5.41, 5.74) is 9.27. The summed E-state index contributed by atoms with van der Waals surface area (Å²) in [6.45, 7) is 6.44. The highest BCUT2D eigenvalue weighted by Gasteiger charge is 2.24. The van der Waals surface area contributed by atoms with Crippen LogP contribution in [0.5, 0.6) is 0 Å². The molecule has 2 atom stereocenters. The predicted molar refractivity (Wildman–Crippen MR) is 69.8 cm³/mol. The van der Waals surface area contributed by atoms with Gasteiger partial charge in [0.1, 0.15) is 0 Å². The van der Waals surface area contributed by atoms with Crippen LogP contribution in [0.2, 0.25) is 0 Å². The fraction of sp³-hybridized carbons (Fsp3) is 0.533. The number of amides is 1. The highest BCUT2D eigenvalue weighted by molar-refractivity contribution is 5.81. The SMILES string of the molecule is CC(C(N)=O)c1ccc2c(c1)CC(C(C)C)C2. The maximum absolute atomic E-state index is 11.2. The minimum atomic E-state index is -0.247. The molecule has 0 saturated carbocycles. The second-order valence-corrected chi connectivity index (χ2v) is 5.56. The molecular weight excluding hydrogens is 210 g/mol. The molecule has 2 rings (SSSR count). The molecule has 2 nitrogen and oxygen atoms in total. The largest absolute Gasteiger partial charge is 0.369 e. The number of primary amides is 1. The van der Waals surface area contributed by atoms with E-state index in [9.17, 15) is 4.79 Å². The first-order valence-corrected chi connectivity index (χ1v) is 6.40. The molecule has 0 radical (unpaired) electrons. The maximum atomic E-state index is 11.2. The monoisotopic (exact) mass is 231 g/mol. The highest BCUT2D eigenvalue weighted by Crippen LogP contribution is 2.33. The number of nitrogens with two attached hydrogens (primary N) is 1. The van der Waals surface area contributed by atoms with E-state index in [1.54, 1.807) is 0 Å². The van der Waals surface area contributed by atoms with Crippen molar-refractivity contribution in [1.82, 2.24) is 0 Å². The van der Waals surface area contributed by atoms with Gasteiger partial charge in [0.2, 0.25) is 5.91 Å². The van der Waals surface area contributed by atoms with E-state index >= 15 is 0 Å². The molecule has 92 valence electrons. The molecule has 2 N–H and O–H groups in total. The van der Waals surface area contributed by atoms with Crippen LogP contribution >= 0.6 is 0 Å². The minimum absolute atomic E-state index is 0.182. The van der Waals surface area contributed by atoms with Gasteiger partial charge < -0.3 is 5.73 Å². The Morgan fingerprint density at radius 1 is 1.24 bits per heavy atom. The lowest BCUT2D eigenvalue weighted by Gasteiger charge is -2.12. The first kappa shape index (κ1) is 12.2. The number of carbonyl (C=O) groups is 1. The Morgan fingerprint density at radius 3 is 2.47 bits per heavy atom. The molecular formula is C15H21NO. The molecule has 0 saturated heterocycles. The number of benzene rings is 1. The molecule has 1 amide bonds. The molecule has 1 aliphatic carbocycles. The fourth-order valence-electron chi connectivity index (χ4n) is 2.58. The number of hydrogen-bond donors (Lipinski definition) is 1. The Morgan fingerprint density at radius 2 is 1.88 bits per heavy atom. The van der Waals surface area contributed by atoms with Crippen LogP contribution in [-0.4, -0.2) is 5.91 Å². The summed E-state index contributed by atoms with van der Waals surface area (Å²) in [6, 6.07) is 6.40. The molecule has 0 aliphatic heterocycles. The lowest BCUT2D eigenvalue weighted by atomic mass is 9.93. The van der Waals surface area contributed by atoms with Crippen LogP contribution in [0.1, 0.15) is 43.4 Å².